The molecule has 128 valence electrons. The van der Waals surface area contributed by atoms with E-state index in [1.54, 1.807) is 19.1 Å². The van der Waals surface area contributed by atoms with Gasteiger partial charge in [-0.3, -0.25) is 4.79 Å². The Morgan fingerprint density at radius 1 is 1.25 bits per heavy atom. The molecule has 1 N–H and O–H groups in total. The molecule has 1 aromatic heterocycles. The molecule has 0 aliphatic heterocycles. The van der Waals surface area contributed by atoms with Gasteiger partial charge in [0, 0.05) is 44.4 Å². The van der Waals surface area contributed by atoms with Gasteiger partial charge in [-0.1, -0.05) is 5.16 Å². The molecule has 1 aromatic carbocycles. The van der Waals surface area contributed by atoms with Crippen LogP contribution >= 0.6 is 0 Å². The fourth-order valence-electron chi connectivity index (χ4n) is 2.04. The lowest BCUT2D eigenvalue weighted by Crippen LogP contribution is -2.25. The molecular weight excluding hydrogens is 310 g/mol. The highest BCUT2D eigenvalue weighted by Crippen LogP contribution is 2.12. The van der Waals surface area contributed by atoms with Crippen LogP contribution in [0.25, 0.3) is 0 Å². The molecule has 7 nitrogen and oxygen atoms in total. The van der Waals surface area contributed by atoms with Crippen LogP contribution in [-0.4, -0.2) is 44.3 Å². The second-order valence-electron chi connectivity index (χ2n) is 5.35. The minimum atomic E-state index is -0.516. The zero-order valence-corrected chi connectivity index (χ0v) is 14.0. The zero-order valence-electron chi connectivity index (χ0n) is 14.0. The van der Waals surface area contributed by atoms with Crippen LogP contribution in [0.2, 0.25) is 0 Å². The van der Waals surface area contributed by atoms with Gasteiger partial charge in [-0.25, -0.2) is 4.79 Å². The number of ether oxygens (including phenoxy) is 1. The first-order valence-corrected chi connectivity index (χ1v) is 7.69. The number of amides is 1. The molecule has 0 saturated carbocycles. The summed E-state index contributed by atoms with van der Waals surface area (Å²) < 4.78 is 9.89. The van der Waals surface area contributed by atoms with E-state index in [0.29, 0.717) is 24.3 Å². The molecule has 0 bridgehead atoms. The van der Waals surface area contributed by atoms with Crippen molar-refractivity contribution >= 4 is 17.6 Å². The predicted octanol–water partition coefficient (Wildman–Crippen LogP) is 1.89. The molecule has 0 atom stereocenters. The Kier molecular flexibility index (Phi) is 5.95. The Balaban J connectivity index is 1.83. The molecule has 1 heterocycles. The Bertz CT molecular complexity index is 692. The maximum absolute atomic E-state index is 12.1. The lowest BCUT2D eigenvalue weighted by molar-refractivity contribution is 0.0514. The van der Waals surface area contributed by atoms with Crippen LogP contribution in [0.4, 0.5) is 5.69 Å². The molecule has 24 heavy (non-hydrogen) atoms. The monoisotopic (exact) mass is 331 g/mol. The predicted molar refractivity (Wildman–Crippen MR) is 89.3 cm³/mol. The quantitative estimate of drug-likeness (QED) is 0.780. The highest BCUT2D eigenvalue weighted by molar-refractivity contribution is 5.94. The van der Waals surface area contributed by atoms with E-state index in [2.05, 4.69) is 10.5 Å². The number of carbonyl (C=O) groups is 2. The highest BCUT2D eigenvalue weighted by Gasteiger charge is 2.13. The standard InChI is InChI=1S/C17H21N3O4/c1-4-23-17(22)15-11-14(24-19-15)9-10-18-16(21)12-5-7-13(8-6-12)20(2)3/h5-8,11H,4,9-10H2,1-3H3,(H,18,21). The fourth-order valence-corrected chi connectivity index (χ4v) is 2.04. The topological polar surface area (TPSA) is 84.7 Å². The van der Waals surface area contributed by atoms with E-state index >= 15 is 0 Å². The van der Waals surface area contributed by atoms with E-state index in [9.17, 15) is 9.59 Å². The van der Waals surface area contributed by atoms with Gasteiger partial charge in [0.2, 0.25) is 0 Å². The third-order valence-corrected chi connectivity index (χ3v) is 3.35. The lowest BCUT2D eigenvalue weighted by atomic mass is 10.2. The number of anilines is 1. The van der Waals surface area contributed by atoms with Crippen molar-refractivity contribution in [3.63, 3.8) is 0 Å². The van der Waals surface area contributed by atoms with Crippen molar-refractivity contribution in [3.8, 4) is 0 Å². The average molecular weight is 331 g/mol. The van der Waals surface area contributed by atoms with E-state index in [4.69, 9.17) is 9.26 Å². The summed E-state index contributed by atoms with van der Waals surface area (Å²) in [7, 11) is 3.88. The smallest absolute Gasteiger partial charge is 0.360 e. The number of aromatic nitrogens is 1. The number of nitrogens with zero attached hydrogens (tertiary/aromatic N) is 2. The van der Waals surface area contributed by atoms with Crippen molar-refractivity contribution in [2.24, 2.45) is 0 Å². The Labute approximate surface area is 140 Å². The van der Waals surface area contributed by atoms with Crippen LogP contribution < -0.4 is 10.2 Å². The van der Waals surface area contributed by atoms with Crippen LogP contribution in [-0.2, 0) is 11.2 Å². The van der Waals surface area contributed by atoms with Gasteiger partial charge in [0.15, 0.2) is 5.69 Å². The number of esters is 1. The maximum Gasteiger partial charge on any atom is 0.360 e. The molecule has 1 amide bonds. The first-order valence-electron chi connectivity index (χ1n) is 7.69. The molecule has 0 fully saturated rings. The van der Waals surface area contributed by atoms with Gasteiger partial charge in [-0.2, -0.15) is 0 Å². The minimum Gasteiger partial charge on any atom is -0.461 e. The van der Waals surface area contributed by atoms with E-state index < -0.39 is 5.97 Å². The maximum atomic E-state index is 12.1. The Morgan fingerprint density at radius 3 is 2.58 bits per heavy atom. The van der Waals surface area contributed by atoms with Crippen molar-refractivity contribution in [2.75, 3.05) is 32.1 Å². The van der Waals surface area contributed by atoms with Gasteiger partial charge in [0.25, 0.3) is 5.91 Å². The van der Waals surface area contributed by atoms with Crippen molar-refractivity contribution in [2.45, 2.75) is 13.3 Å². The van der Waals surface area contributed by atoms with Crippen LogP contribution in [0.3, 0.4) is 0 Å². The largest absolute Gasteiger partial charge is 0.461 e. The fraction of sp³-hybridized carbons (Fsp3) is 0.353. The van der Waals surface area contributed by atoms with Crippen LogP contribution in [0.1, 0.15) is 33.5 Å². The second-order valence-corrected chi connectivity index (χ2v) is 5.35. The summed E-state index contributed by atoms with van der Waals surface area (Å²) in [5.41, 5.74) is 1.75. The number of benzene rings is 1. The van der Waals surface area contributed by atoms with Crippen LogP contribution in [0.5, 0.6) is 0 Å². The summed E-state index contributed by atoms with van der Waals surface area (Å²) in [6, 6.07) is 8.85. The summed E-state index contributed by atoms with van der Waals surface area (Å²) in [4.78, 5) is 25.5. The van der Waals surface area contributed by atoms with Crippen molar-refractivity contribution in [3.05, 3.63) is 47.3 Å². The SMILES string of the molecule is CCOC(=O)c1cc(CCNC(=O)c2ccc(N(C)C)cc2)on1. The summed E-state index contributed by atoms with van der Waals surface area (Å²) in [5, 5.41) is 6.45. The van der Waals surface area contributed by atoms with Gasteiger partial charge >= 0.3 is 5.97 Å². The summed E-state index contributed by atoms with van der Waals surface area (Å²) in [6.07, 6.45) is 0.438. The van der Waals surface area contributed by atoms with Crippen LogP contribution in [0.15, 0.2) is 34.9 Å². The number of hydrogen-bond acceptors (Lipinski definition) is 6. The van der Waals surface area contributed by atoms with Crippen molar-refractivity contribution in [1.82, 2.24) is 10.5 Å². The van der Waals surface area contributed by atoms with E-state index in [0.717, 1.165) is 5.69 Å². The number of carbonyl (C=O) groups excluding carboxylic acids is 2. The summed E-state index contributed by atoms with van der Waals surface area (Å²) >= 11 is 0. The molecule has 0 spiro atoms. The van der Waals surface area contributed by atoms with Crippen molar-refractivity contribution in [1.29, 1.82) is 0 Å². The first-order chi connectivity index (χ1) is 11.5. The molecule has 0 aliphatic rings. The molecule has 0 aliphatic carbocycles. The molecule has 2 rings (SSSR count). The van der Waals surface area contributed by atoms with Gasteiger partial charge < -0.3 is 19.5 Å². The molecule has 0 radical (unpaired) electrons. The third kappa shape index (κ3) is 4.58. The molecule has 0 unspecified atom stereocenters. The summed E-state index contributed by atoms with van der Waals surface area (Å²) in [5.74, 6) is -0.163. The summed E-state index contributed by atoms with van der Waals surface area (Å²) in [6.45, 7) is 2.38. The van der Waals surface area contributed by atoms with E-state index in [1.807, 2.05) is 31.1 Å². The van der Waals surface area contributed by atoms with E-state index in [1.165, 1.54) is 6.07 Å². The minimum absolute atomic E-state index is 0.137. The van der Waals surface area contributed by atoms with Gasteiger partial charge in [-0.15, -0.1) is 0 Å². The number of rotatable bonds is 7. The number of nitrogens with one attached hydrogen (secondary N) is 1. The van der Waals surface area contributed by atoms with Crippen molar-refractivity contribution < 1.29 is 18.8 Å². The average Bonchev–Trinajstić information content (AvgIpc) is 3.04. The Morgan fingerprint density at radius 2 is 1.96 bits per heavy atom. The number of hydrogen-bond donors (Lipinski definition) is 1. The van der Waals surface area contributed by atoms with E-state index in [-0.39, 0.29) is 18.2 Å². The lowest BCUT2D eigenvalue weighted by Gasteiger charge is -2.12. The molecule has 7 heteroatoms. The second kappa shape index (κ2) is 8.14. The molecular formula is C17H21N3O4. The van der Waals surface area contributed by atoms with Crippen LogP contribution in [0, 0.1) is 0 Å². The molecule has 0 saturated heterocycles. The van der Waals surface area contributed by atoms with Gasteiger partial charge in [0.1, 0.15) is 5.76 Å². The normalized spacial score (nSPS) is 10.3. The van der Waals surface area contributed by atoms with Gasteiger partial charge in [-0.05, 0) is 31.2 Å². The highest BCUT2D eigenvalue weighted by atomic mass is 16.5. The molecule has 2 aromatic rings. The third-order valence-electron chi connectivity index (χ3n) is 3.35. The van der Waals surface area contributed by atoms with Gasteiger partial charge in [0.05, 0.1) is 6.61 Å². The Hall–Kier alpha value is -2.83. The first kappa shape index (κ1) is 17.5. The zero-order chi connectivity index (χ0) is 17.5.